The van der Waals surface area contributed by atoms with Gasteiger partial charge in [0, 0.05) is 12.1 Å². The van der Waals surface area contributed by atoms with Gasteiger partial charge in [0.25, 0.3) is 0 Å². The molecule has 142 valence electrons. The van der Waals surface area contributed by atoms with E-state index in [-0.39, 0.29) is 12.3 Å². The summed E-state index contributed by atoms with van der Waals surface area (Å²) in [5.74, 6) is -1.33. The largest absolute Gasteiger partial charge is 0.470 e. The van der Waals surface area contributed by atoms with Gasteiger partial charge in [-0.05, 0) is 19.8 Å². The van der Waals surface area contributed by atoms with Gasteiger partial charge < -0.3 is 24.9 Å². The van der Waals surface area contributed by atoms with Crippen LogP contribution in [0.4, 0.5) is 0 Å². The van der Waals surface area contributed by atoms with Crippen LogP contribution in [-0.2, 0) is 13.9 Å². The van der Waals surface area contributed by atoms with Gasteiger partial charge in [-0.1, -0.05) is 45.1 Å². The van der Waals surface area contributed by atoms with Crippen molar-refractivity contribution in [2.75, 3.05) is 6.54 Å². The van der Waals surface area contributed by atoms with Gasteiger partial charge in [0.1, 0.15) is 5.85 Å². The van der Waals surface area contributed by atoms with E-state index in [0.717, 1.165) is 38.5 Å². The molecule has 0 saturated heterocycles. The lowest BCUT2D eigenvalue weighted by Crippen LogP contribution is -2.24. The minimum Gasteiger partial charge on any atom is -0.352 e. The molecule has 1 atom stereocenters. The molecule has 0 aromatic rings. The molecular weight excluding hydrogens is 356 g/mol. The van der Waals surface area contributed by atoms with Crippen molar-refractivity contribution in [2.24, 2.45) is 0 Å². The van der Waals surface area contributed by atoms with Crippen LogP contribution in [0.15, 0.2) is 12.2 Å². The van der Waals surface area contributed by atoms with E-state index in [1.165, 1.54) is 0 Å². The monoisotopic (exact) mass is 385 g/mol. The summed E-state index contributed by atoms with van der Waals surface area (Å²) in [6.07, 6.45) is 6.58. The van der Waals surface area contributed by atoms with Gasteiger partial charge in [-0.3, -0.25) is 9.32 Å². The van der Waals surface area contributed by atoms with Crippen LogP contribution in [0.5, 0.6) is 0 Å². The van der Waals surface area contributed by atoms with Crippen molar-refractivity contribution in [3.05, 3.63) is 12.2 Å². The fourth-order valence-corrected chi connectivity index (χ4v) is 3.59. The molecule has 10 heteroatoms. The summed E-state index contributed by atoms with van der Waals surface area (Å²) in [6, 6.07) is 0. The minimum atomic E-state index is -4.71. The highest BCUT2D eigenvalue weighted by molar-refractivity contribution is 7.49. The van der Waals surface area contributed by atoms with E-state index >= 15 is 0 Å². The maximum atomic E-state index is 11.2. The molecule has 0 spiro atoms. The number of phosphoric ester groups is 1. The lowest BCUT2D eigenvalue weighted by atomic mass is 10.1. The van der Waals surface area contributed by atoms with E-state index < -0.39 is 22.0 Å². The van der Waals surface area contributed by atoms with Crippen molar-refractivity contribution in [1.82, 2.24) is 5.32 Å². The number of hydrogen-bond acceptors (Lipinski definition) is 5. The van der Waals surface area contributed by atoms with Crippen molar-refractivity contribution in [2.45, 2.75) is 64.1 Å². The Balaban J connectivity index is 3.57. The van der Waals surface area contributed by atoms with Crippen LogP contribution < -0.4 is 5.32 Å². The van der Waals surface area contributed by atoms with Crippen LogP contribution in [0.25, 0.3) is 0 Å². The highest BCUT2D eigenvalue weighted by Crippen LogP contribution is 2.47. The highest BCUT2D eigenvalue weighted by Gasteiger charge is 2.27. The third-order valence-electron chi connectivity index (χ3n) is 3.32. The summed E-state index contributed by atoms with van der Waals surface area (Å²) in [5, 5.41) is 2.77. The average Bonchev–Trinajstić information content (AvgIpc) is 2.46. The molecule has 5 N–H and O–H groups in total. The number of nitrogens with one attached hydrogen (secondary N) is 1. The Morgan fingerprint density at radius 1 is 1.12 bits per heavy atom. The first kappa shape index (κ1) is 23.7. The Bertz CT molecular complexity index is 425. The molecule has 1 amide bonds. The van der Waals surface area contributed by atoms with E-state index in [9.17, 15) is 9.36 Å². The standard InChI is InChI=1S/C14H29NO7P2/c1-12(2)14(16)15-11-9-7-5-3-4-6-8-10-13(23(17)18)22-24(19,20)21/h13,17-18H,1,3-11H2,2H3,(H,15,16)(H2,19,20,21). The first-order chi connectivity index (χ1) is 11.1. The lowest BCUT2D eigenvalue weighted by molar-refractivity contribution is -0.117. The molecule has 0 heterocycles. The number of carbonyl (C=O) groups excluding carboxylic acids is 1. The van der Waals surface area contributed by atoms with Crippen molar-refractivity contribution in [1.29, 1.82) is 0 Å². The first-order valence-corrected chi connectivity index (χ1v) is 10.8. The molecular formula is C14H29NO7P2. The second-order valence-corrected chi connectivity index (χ2v) is 8.08. The van der Waals surface area contributed by atoms with Gasteiger partial charge >= 0.3 is 7.82 Å². The smallest absolute Gasteiger partial charge is 0.352 e. The summed E-state index contributed by atoms with van der Waals surface area (Å²) in [7, 11) is -7.23. The molecule has 24 heavy (non-hydrogen) atoms. The molecule has 0 radical (unpaired) electrons. The number of hydrogen-bond donors (Lipinski definition) is 5. The second kappa shape index (κ2) is 13.0. The topological polar surface area (TPSA) is 136 Å². The Kier molecular flexibility index (Phi) is 12.8. The minimum absolute atomic E-state index is 0.116. The zero-order valence-corrected chi connectivity index (χ0v) is 15.8. The van der Waals surface area contributed by atoms with Crippen molar-refractivity contribution < 1.29 is 33.5 Å². The molecule has 0 aliphatic heterocycles. The van der Waals surface area contributed by atoms with Gasteiger partial charge in [0.2, 0.25) is 5.91 Å². The number of unbranched alkanes of at least 4 members (excludes halogenated alkanes) is 6. The van der Waals surface area contributed by atoms with Crippen LogP contribution in [0, 0.1) is 0 Å². The van der Waals surface area contributed by atoms with Crippen LogP contribution in [0.1, 0.15) is 58.3 Å². The van der Waals surface area contributed by atoms with Crippen LogP contribution >= 0.6 is 16.2 Å². The van der Waals surface area contributed by atoms with E-state index in [4.69, 9.17) is 19.6 Å². The Morgan fingerprint density at radius 2 is 1.62 bits per heavy atom. The molecule has 0 aromatic carbocycles. The molecule has 0 bridgehead atoms. The maximum absolute atomic E-state index is 11.2. The second-order valence-electron chi connectivity index (χ2n) is 5.67. The van der Waals surface area contributed by atoms with E-state index in [1.807, 2.05) is 0 Å². The summed E-state index contributed by atoms with van der Waals surface area (Å²) in [4.78, 5) is 46.8. The normalized spacial score (nSPS) is 13.1. The van der Waals surface area contributed by atoms with Gasteiger partial charge in [-0.15, -0.1) is 0 Å². The maximum Gasteiger partial charge on any atom is 0.470 e. The average molecular weight is 385 g/mol. The van der Waals surface area contributed by atoms with Crippen LogP contribution in [0.2, 0.25) is 0 Å². The van der Waals surface area contributed by atoms with Crippen molar-refractivity contribution in [3.63, 3.8) is 0 Å². The highest BCUT2D eigenvalue weighted by atomic mass is 31.2. The lowest BCUT2D eigenvalue weighted by Gasteiger charge is -2.18. The summed E-state index contributed by atoms with van der Waals surface area (Å²) in [6.45, 7) is 5.87. The SMILES string of the molecule is C=C(C)C(=O)NCCCCCCCCCC(OP(=O)(O)O)P(O)O. The number of amides is 1. The fraction of sp³-hybridized carbons (Fsp3) is 0.786. The molecule has 0 aromatic heterocycles. The number of rotatable bonds is 14. The third kappa shape index (κ3) is 14.1. The summed E-state index contributed by atoms with van der Waals surface area (Å²) >= 11 is 0. The molecule has 0 rings (SSSR count). The molecule has 1 unspecified atom stereocenters. The number of phosphoric acid groups is 1. The van der Waals surface area contributed by atoms with E-state index in [2.05, 4.69) is 16.4 Å². The molecule has 0 saturated carbocycles. The van der Waals surface area contributed by atoms with Gasteiger partial charge in [0.05, 0.1) is 0 Å². The molecule has 0 aliphatic carbocycles. The predicted molar refractivity (Wildman–Crippen MR) is 93.0 cm³/mol. The quantitative estimate of drug-likeness (QED) is 0.176. The van der Waals surface area contributed by atoms with Gasteiger partial charge in [-0.25, -0.2) is 4.57 Å². The Hall–Kier alpha value is -0.330. The zero-order chi connectivity index (χ0) is 18.6. The molecule has 0 fully saturated rings. The van der Waals surface area contributed by atoms with E-state index in [0.29, 0.717) is 18.5 Å². The van der Waals surface area contributed by atoms with E-state index in [1.54, 1.807) is 6.92 Å². The number of carbonyl (C=O) groups is 1. The Morgan fingerprint density at radius 3 is 2.08 bits per heavy atom. The molecule has 0 aliphatic rings. The van der Waals surface area contributed by atoms with Crippen LogP contribution in [-0.4, -0.2) is 37.9 Å². The summed E-state index contributed by atoms with van der Waals surface area (Å²) in [5.41, 5.74) is 0.505. The fourth-order valence-electron chi connectivity index (χ4n) is 2.05. The zero-order valence-electron chi connectivity index (χ0n) is 14.1. The third-order valence-corrected chi connectivity index (χ3v) is 4.89. The molecule has 8 nitrogen and oxygen atoms in total. The van der Waals surface area contributed by atoms with Gasteiger partial charge in [0.15, 0.2) is 8.38 Å². The first-order valence-electron chi connectivity index (χ1n) is 7.98. The Labute approximate surface area is 144 Å². The van der Waals surface area contributed by atoms with Crippen molar-refractivity contribution in [3.8, 4) is 0 Å². The van der Waals surface area contributed by atoms with Crippen LogP contribution in [0.3, 0.4) is 0 Å². The predicted octanol–water partition coefficient (Wildman–Crippen LogP) is 2.53. The summed E-state index contributed by atoms with van der Waals surface area (Å²) < 4.78 is 15.1. The van der Waals surface area contributed by atoms with Gasteiger partial charge in [-0.2, -0.15) is 0 Å². The van der Waals surface area contributed by atoms with Crippen molar-refractivity contribution >= 4 is 22.1 Å².